The van der Waals surface area contributed by atoms with Crippen LogP contribution in [0.25, 0.3) is 5.65 Å². The molecule has 0 radical (unpaired) electrons. The fraction of sp³-hybridized carbons (Fsp3) is 0.538. The van der Waals surface area contributed by atoms with Crippen molar-refractivity contribution in [3.05, 3.63) is 29.7 Å². The van der Waals surface area contributed by atoms with Crippen molar-refractivity contribution in [1.29, 1.82) is 0 Å². The maximum absolute atomic E-state index is 5.67. The molecule has 1 aliphatic rings. The van der Waals surface area contributed by atoms with E-state index < -0.39 is 0 Å². The van der Waals surface area contributed by atoms with Gasteiger partial charge in [-0.05, 0) is 11.6 Å². The van der Waals surface area contributed by atoms with Gasteiger partial charge in [-0.3, -0.25) is 9.30 Å². The first-order chi connectivity index (χ1) is 9.36. The number of ether oxygens (including phenoxy) is 1. The van der Waals surface area contributed by atoms with Gasteiger partial charge < -0.3 is 10.5 Å². The van der Waals surface area contributed by atoms with Gasteiger partial charge in [-0.15, -0.1) is 10.2 Å². The van der Waals surface area contributed by atoms with Gasteiger partial charge in [0.1, 0.15) is 5.82 Å². The van der Waals surface area contributed by atoms with Crippen LogP contribution in [0.2, 0.25) is 0 Å². The Labute approximate surface area is 112 Å². The highest BCUT2D eigenvalue weighted by atomic mass is 16.5. The van der Waals surface area contributed by atoms with E-state index >= 15 is 0 Å². The van der Waals surface area contributed by atoms with Crippen LogP contribution in [0, 0.1) is 0 Å². The largest absolute Gasteiger partial charge is 0.379 e. The number of nitrogens with two attached hydrogens (primary N) is 1. The lowest BCUT2D eigenvalue weighted by Gasteiger charge is -2.26. The molecular formula is C13H19N5O. The lowest BCUT2D eigenvalue weighted by molar-refractivity contribution is 0.0382. The number of hydrogen-bond donors (Lipinski definition) is 1. The summed E-state index contributed by atoms with van der Waals surface area (Å²) < 4.78 is 7.39. The predicted molar refractivity (Wildman–Crippen MR) is 71.8 cm³/mol. The van der Waals surface area contributed by atoms with E-state index in [0.29, 0.717) is 6.54 Å². The molecule has 6 heteroatoms. The number of aromatic nitrogens is 3. The summed E-state index contributed by atoms with van der Waals surface area (Å²) in [5, 5.41) is 8.46. The minimum Gasteiger partial charge on any atom is -0.379 e. The Bertz CT molecular complexity index is 547. The lowest BCUT2D eigenvalue weighted by Crippen LogP contribution is -2.37. The van der Waals surface area contributed by atoms with Crippen LogP contribution in [0.1, 0.15) is 11.4 Å². The van der Waals surface area contributed by atoms with Crippen molar-refractivity contribution >= 4 is 5.65 Å². The number of nitrogens with zero attached hydrogens (tertiary/aromatic N) is 4. The van der Waals surface area contributed by atoms with Gasteiger partial charge in [0.05, 0.1) is 13.2 Å². The van der Waals surface area contributed by atoms with Crippen molar-refractivity contribution in [3.8, 4) is 0 Å². The molecule has 0 unspecified atom stereocenters. The number of rotatable bonds is 4. The molecule has 6 nitrogen and oxygen atoms in total. The molecule has 0 aromatic carbocycles. The Balaban J connectivity index is 1.72. The summed E-state index contributed by atoms with van der Waals surface area (Å²) in [6, 6.07) is 3.96. The minimum absolute atomic E-state index is 0.539. The quantitative estimate of drug-likeness (QED) is 0.843. The molecule has 1 fully saturated rings. The average Bonchev–Trinajstić information content (AvgIpc) is 2.88. The highest BCUT2D eigenvalue weighted by Gasteiger charge is 2.12. The van der Waals surface area contributed by atoms with E-state index in [9.17, 15) is 0 Å². The predicted octanol–water partition coefficient (Wildman–Crippen LogP) is 0.0627. The Morgan fingerprint density at radius 3 is 2.84 bits per heavy atom. The van der Waals surface area contributed by atoms with Crippen molar-refractivity contribution in [2.24, 2.45) is 5.73 Å². The van der Waals surface area contributed by atoms with Crippen LogP contribution >= 0.6 is 0 Å². The summed E-state index contributed by atoms with van der Waals surface area (Å²) in [4.78, 5) is 2.40. The molecule has 0 amide bonds. The number of hydrogen-bond acceptors (Lipinski definition) is 5. The second kappa shape index (κ2) is 5.64. The normalized spacial score (nSPS) is 17.1. The summed E-state index contributed by atoms with van der Waals surface area (Å²) in [7, 11) is 0. The SMILES string of the molecule is NCc1ccc2nnc(CCN3CCOCC3)n2c1. The summed E-state index contributed by atoms with van der Waals surface area (Å²) in [5.41, 5.74) is 7.65. The van der Waals surface area contributed by atoms with E-state index in [1.54, 1.807) is 0 Å². The molecule has 2 aromatic heterocycles. The summed E-state index contributed by atoms with van der Waals surface area (Å²) in [6.45, 7) is 5.21. The van der Waals surface area contributed by atoms with E-state index in [2.05, 4.69) is 15.1 Å². The third-order valence-electron chi connectivity index (χ3n) is 3.53. The van der Waals surface area contributed by atoms with Crippen LogP contribution < -0.4 is 5.73 Å². The Hall–Kier alpha value is -1.50. The van der Waals surface area contributed by atoms with Gasteiger partial charge in [-0.2, -0.15) is 0 Å². The fourth-order valence-corrected chi connectivity index (χ4v) is 2.36. The molecular weight excluding hydrogens is 242 g/mol. The topological polar surface area (TPSA) is 68.7 Å². The lowest BCUT2D eigenvalue weighted by atomic mass is 10.3. The van der Waals surface area contributed by atoms with Crippen LogP contribution in [0.5, 0.6) is 0 Å². The second-order valence-electron chi connectivity index (χ2n) is 4.79. The maximum atomic E-state index is 5.67. The molecule has 0 atom stereocenters. The number of morpholine rings is 1. The molecule has 3 rings (SSSR count). The number of pyridine rings is 1. The smallest absolute Gasteiger partial charge is 0.160 e. The van der Waals surface area contributed by atoms with Crippen molar-refractivity contribution in [2.75, 3.05) is 32.8 Å². The molecule has 0 aliphatic carbocycles. The van der Waals surface area contributed by atoms with Crippen LogP contribution in [0.15, 0.2) is 18.3 Å². The molecule has 3 heterocycles. The highest BCUT2D eigenvalue weighted by molar-refractivity contribution is 5.39. The van der Waals surface area contributed by atoms with Gasteiger partial charge in [0, 0.05) is 38.8 Å². The first-order valence-electron chi connectivity index (χ1n) is 6.69. The maximum Gasteiger partial charge on any atom is 0.160 e. The Kier molecular flexibility index (Phi) is 3.72. The zero-order chi connectivity index (χ0) is 13.1. The average molecular weight is 261 g/mol. The molecule has 102 valence electrons. The standard InChI is InChI=1S/C13H19N5O/c14-9-11-1-2-12-15-16-13(18(12)10-11)3-4-17-5-7-19-8-6-17/h1-2,10H,3-9,14H2. The summed E-state index contributed by atoms with van der Waals surface area (Å²) in [5.74, 6) is 0.997. The molecule has 0 spiro atoms. The van der Waals surface area contributed by atoms with Crippen molar-refractivity contribution in [3.63, 3.8) is 0 Å². The molecule has 1 saturated heterocycles. The number of fused-ring (bicyclic) bond motifs is 1. The zero-order valence-corrected chi connectivity index (χ0v) is 11.0. The van der Waals surface area contributed by atoms with Gasteiger partial charge in [0.15, 0.2) is 5.65 Å². The highest BCUT2D eigenvalue weighted by Crippen LogP contribution is 2.08. The van der Waals surface area contributed by atoms with E-state index in [4.69, 9.17) is 10.5 Å². The zero-order valence-electron chi connectivity index (χ0n) is 11.0. The second-order valence-corrected chi connectivity index (χ2v) is 4.79. The van der Waals surface area contributed by atoms with E-state index in [1.807, 2.05) is 22.7 Å². The van der Waals surface area contributed by atoms with E-state index in [0.717, 1.165) is 56.3 Å². The van der Waals surface area contributed by atoms with Crippen LogP contribution in [-0.2, 0) is 17.7 Å². The molecule has 19 heavy (non-hydrogen) atoms. The van der Waals surface area contributed by atoms with Gasteiger partial charge in [-0.1, -0.05) is 6.07 Å². The van der Waals surface area contributed by atoms with E-state index in [1.165, 1.54) is 0 Å². The molecule has 0 bridgehead atoms. The van der Waals surface area contributed by atoms with Crippen LogP contribution in [0.3, 0.4) is 0 Å². The Morgan fingerprint density at radius 2 is 2.05 bits per heavy atom. The van der Waals surface area contributed by atoms with Crippen molar-refractivity contribution in [1.82, 2.24) is 19.5 Å². The minimum atomic E-state index is 0.539. The van der Waals surface area contributed by atoms with Gasteiger partial charge in [0.2, 0.25) is 0 Å². The van der Waals surface area contributed by atoms with Gasteiger partial charge in [0.25, 0.3) is 0 Å². The molecule has 2 N–H and O–H groups in total. The third-order valence-corrected chi connectivity index (χ3v) is 3.53. The van der Waals surface area contributed by atoms with Crippen molar-refractivity contribution in [2.45, 2.75) is 13.0 Å². The fourth-order valence-electron chi connectivity index (χ4n) is 2.36. The van der Waals surface area contributed by atoms with Crippen LogP contribution in [0.4, 0.5) is 0 Å². The summed E-state index contributed by atoms with van der Waals surface area (Å²) in [6.07, 6.45) is 2.93. The third kappa shape index (κ3) is 2.75. The van der Waals surface area contributed by atoms with Crippen molar-refractivity contribution < 1.29 is 4.74 Å². The first-order valence-corrected chi connectivity index (χ1v) is 6.69. The molecule has 2 aromatic rings. The van der Waals surface area contributed by atoms with Gasteiger partial charge >= 0.3 is 0 Å². The monoisotopic (exact) mass is 261 g/mol. The Morgan fingerprint density at radius 1 is 1.21 bits per heavy atom. The molecule has 0 saturated carbocycles. The van der Waals surface area contributed by atoms with E-state index in [-0.39, 0.29) is 0 Å². The molecule has 1 aliphatic heterocycles. The first kappa shape index (κ1) is 12.5. The van der Waals surface area contributed by atoms with Gasteiger partial charge in [-0.25, -0.2) is 0 Å². The summed E-state index contributed by atoms with van der Waals surface area (Å²) >= 11 is 0. The van der Waals surface area contributed by atoms with Crippen LogP contribution in [-0.4, -0.2) is 52.3 Å².